The average molecular weight is 247 g/mol. The molecule has 1 aromatic heterocycles. The molecule has 1 fully saturated rings. The Hall–Kier alpha value is -1.09. The molecule has 3 nitrogen and oxygen atoms in total. The molecule has 100 valence electrons. The molecule has 18 heavy (non-hydrogen) atoms. The molecule has 0 aromatic carbocycles. The molecule has 1 aromatic rings. The van der Waals surface area contributed by atoms with Crippen LogP contribution in [0.5, 0.6) is 0 Å². The van der Waals surface area contributed by atoms with E-state index < -0.39 is 0 Å². The predicted molar refractivity (Wildman–Crippen MR) is 76.6 cm³/mol. The summed E-state index contributed by atoms with van der Waals surface area (Å²) in [6, 6.07) is 2.16. The van der Waals surface area contributed by atoms with Gasteiger partial charge in [0.1, 0.15) is 5.82 Å². The van der Waals surface area contributed by atoms with E-state index in [0.717, 1.165) is 36.3 Å². The van der Waals surface area contributed by atoms with Crippen LogP contribution in [0.3, 0.4) is 0 Å². The van der Waals surface area contributed by atoms with Gasteiger partial charge in [0.05, 0.1) is 0 Å². The van der Waals surface area contributed by atoms with E-state index >= 15 is 0 Å². The van der Waals surface area contributed by atoms with Crippen LogP contribution in [0.2, 0.25) is 0 Å². The first-order valence-corrected chi connectivity index (χ1v) is 7.02. The second-order valence-electron chi connectivity index (χ2n) is 5.76. The molecule has 0 atom stereocenters. The van der Waals surface area contributed by atoms with Crippen molar-refractivity contribution in [1.82, 2.24) is 4.98 Å². The Bertz CT molecular complexity index is 393. The lowest BCUT2D eigenvalue weighted by molar-refractivity contribution is 0.310. The summed E-state index contributed by atoms with van der Waals surface area (Å²) in [6.07, 6.45) is 4.49. The third kappa shape index (κ3) is 2.83. The Morgan fingerprint density at radius 1 is 1.39 bits per heavy atom. The van der Waals surface area contributed by atoms with Crippen LogP contribution >= 0.6 is 0 Å². The summed E-state index contributed by atoms with van der Waals surface area (Å²) in [4.78, 5) is 7.01. The second-order valence-corrected chi connectivity index (χ2v) is 5.76. The number of nitrogens with two attached hydrogens (primary N) is 1. The van der Waals surface area contributed by atoms with Crippen LogP contribution in [0.4, 0.5) is 5.82 Å². The zero-order valence-corrected chi connectivity index (χ0v) is 11.8. The van der Waals surface area contributed by atoms with Crippen molar-refractivity contribution < 1.29 is 0 Å². The first-order chi connectivity index (χ1) is 8.61. The molecule has 0 amide bonds. The number of hydrogen-bond acceptors (Lipinski definition) is 3. The van der Waals surface area contributed by atoms with Gasteiger partial charge in [-0.25, -0.2) is 4.98 Å². The van der Waals surface area contributed by atoms with Crippen LogP contribution in [-0.4, -0.2) is 18.1 Å². The monoisotopic (exact) mass is 247 g/mol. The minimum Gasteiger partial charge on any atom is -0.356 e. The molecule has 0 unspecified atom stereocenters. The Morgan fingerprint density at radius 2 is 2.06 bits per heavy atom. The summed E-state index contributed by atoms with van der Waals surface area (Å²) in [5.74, 6) is 2.83. The number of piperidine rings is 1. The van der Waals surface area contributed by atoms with E-state index in [2.05, 4.69) is 36.7 Å². The minimum atomic E-state index is 0.573. The fourth-order valence-corrected chi connectivity index (χ4v) is 2.85. The normalized spacial score (nSPS) is 17.5. The van der Waals surface area contributed by atoms with Gasteiger partial charge >= 0.3 is 0 Å². The molecule has 2 rings (SSSR count). The van der Waals surface area contributed by atoms with Gasteiger partial charge in [-0.05, 0) is 48.8 Å². The third-order valence-electron chi connectivity index (χ3n) is 4.12. The van der Waals surface area contributed by atoms with Gasteiger partial charge in [-0.3, -0.25) is 0 Å². The topological polar surface area (TPSA) is 42.1 Å². The highest BCUT2D eigenvalue weighted by molar-refractivity contribution is 5.47. The molecule has 2 heterocycles. The van der Waals surface area contributed by atoms with Crippen molar-refractivity contribution >= 4 is 5.82 Å². The number of hydrogen-bond donors (Lipinski definition) is 1. The van der Waals surface area contributed by atoms with Gasteiger partial charge in [0.25, 0.3) is 0 Å². The fourth-order valence-electron chi connectivity index (χ4n) is 2.85. The molecule has 1 aliphatic heterocycles. The van der Waals surface area contributed by atoms with Crippen LogP contribution in [-0.2, 0) is 6.54 Å². The van der Waals surface area contributed by atoms with E-state index in [-0.39, 0.29) is 0 Å². The summed E-state index contributed by atoms with van der Waals surface area (Å²) in [5, 5.41) is 0. The number of nitrogens with zero attached hydrogens (tertiary/aromatic N) is 2. The van der Waals surface area contributed by atoms with Gasteiger partial charge in [-0.15, -0.1) is 0 Å². The zero-order valence-electron chi connectivity index (χ0n) is 11.8. The summed E-state index contributed by atoms with van der Waals surface area (Å²) in [5.41, 5.74) is 8.01. The van der Waals surface area contributed by atoms with Crippen LogP contribution in [0, 0.1) is 18.8 Å². The molecular formula is C15H25N3. The van der Waals surface area contributed by atoms with E-state index in [1.54, 1.807) is 0 Å². The molecule has 0 bridgehead atoms. The number of aryl methyl sites for hydroxylation is 1. The van der Waals surface area contributed by atoms with E-state index in [1.165, 1.54) is 18.4 Å². The van der Waals surface area contributed by atoms with Gasteiger partial charge in [0.15, 0.2) is 0 Å². The first-order valence-electron chi connectivity index (χ1n) is 7.02. The third-order valence-corrected chi connectivity index (χ3v) is 4.12. The number of rotatable bonds is 3. The van der Waals surface area contributed by atoms with Gasteiger partial charge in [0, 0.05) is 25.8 Å². The first kappa shape index (κ1) is 13.3. The van der Waals surface area contributed by atoms with Crippen molar-refractivity contribution in [2.24, 2.45) is 17.6 Å². The molecule has 0 radical (unpaired) electrons. The Morgan fingerprint density at radius 3 is 2.56 bits per heavy atom. The molecule has 1 aliphatic rings. The SMILES string of the molecule is Cc1cc(CN)cnc1N1CCC(C(C)C)CC1. The van der Waals surface area contributed by atoms with Crippen LogP contribution < -0.4 is 10.6 Å². The lowest BCUT2D eigenvalue weighted by Gasteiger charge is -2.35. The van der Waals surface area contributed by atoms with Crippen LogP contribution in [0.1, 0.15) is 37.8 Å². The van der Waals surface area contributed by atoms with Crippen molar-refractivity contribution in [2.75, 3.05) is 18.0 Å². The molecule has 1 saturated heterocycles. The molecule has 2 N–H and O–H groups in total. The fraction of sp³-hybridized carbons (Fsp3) is 0.667. The largest absolute Gasteiger partial charge is 0.356 e. The average Bonchev–Trinajstić information content (AvgIpc) is 2.38. The van der Waals surface area contributed by atoms with Crippen LogP contribution in [0.15, 0.2) is 12.3 Å². The number of anilines is 1. The quantitative estimate of drug-likeness (QED) is 0.893. The Balaban J connectivity index is 2.05. The highest BCUT2D eigenvalue weighted by atomic mass is 15.2. The molecule has 0 spiro atoms. The number of aromatic nitrogens is 1. The smallest absolute Gasteiger partial charge is 0.131 e. The maximum atomic E-state index is 5.65. The Kier molecular flexibility index (Phi) is 4.23. The lowest BCUT2D eigenvalue weighted by atomic mass is 9.86. The minimum absolute atomic E-state index is 0.573. The van der Waals surface area contributed by atoms with Crippen molar-refractivity contribution in [2.45, 2.75) is 40.2 Å². The zero-order chi connectivity index (χ0) is 13.1. The van der Waals surface area contributed by atoms with Crippen molar-refractivity contribution in [3.63, 3.8) is 0 Å². The summed E-state index contributed by atoms with van der Waals surface area (Å²) >= 11 is 0. The van der Waals surface area contributed by atoms with Gasteiger partial charge < -0.3 is 10.6 Å². The molecule has 0 aliphatic carbocycles. The van der Waals surface area contributed by atoms with Crippen molar-refractivity contribution in [1.29, 1.82) is 0 Å². The lowest BCUT2D eigenvalue weighted by Crippen LogP contribution is -2.36. The number of pyridine rings is 1. The summed E-state index contributed by atoms with van der Waals surface area (Å²) in [7, 11) is 0. The van der Waals surface area contributed by atoms with E-state index in [4.69, 9.17) is 5.73 Å². The van der Waals surface area contributed by atoms with Crippen LogP contribution in [0.25, 0.3) is 0 Å². The van der Waals surface area contributed by atoms with Crippen molar-refractivity contribution in [3.05, 3.63) is 23.4 Å². The molecule has 3 heteroatoms. The van der Waals surface area contributed by atoms with Gasteiger partial charge in [-0.2, -0.15) is 0 Å². The second kappa shape index (κ2) is 5.70. The summed E-state index contributed by atoms with van der Waals surface area (Å²) < 4.78 is 0. The highest BCUT2D eigenvalue weighted by Crippen LogP contribution is 2.28. The molecular weight excluding hydrogens is 222 g/mol. The highest BCUT2D eigenvalue weighted by Gasteiger charge is 2.23. The summed E-state index contributed by atoms with van der Waals surface area (Å²) in [6.45, 7) is 9.65. The Labute approximate surface area is 110 Å². The molecule has 0 saturated carbocycles. The van der Waals surface area contributed by atoms with Gasteiger partial charge in [-0.1, -0.05) is 13.8 Å². The maximum absolute atomic E-state index is 5.65. The predicted octanol–water partition coefficient (Wildman–Crippen LogP) is 2.72. The van der Waals surface area contributed by atoms with Crippen molar-refractivity contribution in [3.8, 4) is 0 Å². The van der Waals surface area contributed by atoms with E-state index in [1.807, 2.05) is 6.20 Å². The maximum Gasteiger partial charge on any atom is 0.131 e. The van der Waals surface area contributed by atoms with E-state index in [0.29, 0.717) is 6.54 Å². The standard InChI is InChI=1S/C15H25N3/c1-11(2)14-4-6-18(7-5-14)15-12(3)8-13(9-16)10-17-15/h8,10-11,14H,4-7,9,16H2,1-3H3. The van der Waals surface area contributed by atoms with Gasteiger partial charge in [0.2, 0.25) is 0 Å². The van der Waals surface area contributed by atoms with E-state index in [9.17, 15) is 0 Å².